The van der Waals surface area contributed by atoms with E-state index < -0.39 is 10.5 Å². The monoisotopic (exact) mass is 306 g/mol. The number of hydrogen-bond donors (Lipinski definition) is 0. The van der Waals surface area contributed by atoms with E-state index in [2.05, 4.69) is 0 Å². The predicted molar refractivity (Wildman–Crippen MR) is 81.7 cm³/mol. The maximum absolute atomic E-state index is 11.4. The maximum Gasteiger partial charge on any atom is 0.252 e. The van der Waals surface area contributed by atoms with Crippen LogP contribution in [-0.4, -0.2) is 10.5 Å². The summed E-state index contributed by atoms with van der Waals surface area (Å²) in [7, 11) is 0. The summed E-state index contributed by atoms with van der Waals surface area (Å²) in [6.45, 7) is 3.67. The molecule has 4 heteroatoms. The number of halogens is 2. The molecule has 0 fully saturated rings. The standard InChI is InChI=1S/C16H12Cl2O2/c1-9-11(5-3-7-13(9)15(17)19)12-6-4-8-14(10(12)2)16(18)20/h3-8H,1-2H3. The van der Waals surface area contributed by atoms with Gasteiger partial charge in [-0.15, -0.1) is 0 Å². The predicted octanol–water partition coefficient (Wildman–Crippen LogP) is 4.73. The summed E-state index contributed by atoms with van der Waals surface area (Å²) in [6.07, 6.45) is 0. The van der Waals surface area contributed by atoms with Crippen LogP contribution in [0.5, 0.6) is 0 Å². The normalized spacial score (nSPS) is 10.4. The maximum atomic E-state index is 11.4. The largest absolute Gasteiger partial charge is 0.276 e. The Morgan fingerprint density at radius 2 is 1.10 bits per heavy atom. The molecule has 102 valence electrons. The molecule has 0 atom stereocenters. The van der Waals surface area contributed by atoms with Crippen LogP contribution in [0, 0.1) is 13.8 Å². The molecule has 0 heterocycles. The fourth-order valence-corrected chi connectivity index (χ4v) is 2.69. The second-order valence-corrected chi connectivity index (χ2v) is 5.19. The van der Waals surface area contributed by atoms with Crippen molar-refractivity contribution in [1.29, 1.82) is 0 Å². The molecule has 0 bridgehead atoms. The summed E-state index contributed by atoms with van der Waals surface area (Å²) in [6, 6.07) is 10.7. The van der Waals surface area contributed by atoms with Gasteiger partial charge >= 0.3 is 0 Å². The van der Waals surface area contributed by atoms with Crippen molar-refractivity contribution < 1.29 is 9.59 Å². The molecule has 2 nitrogen and oxygen atoms in total. The van der Waals surface area contributed by atoms with Crippen molar-refractivity contribution in [1.82, 2.24) is 0 Å². The van der Waals surface area contributed by atoms with Gasteiger partial charge in [0.1, 0.15) is 0 Å². The number of hydrogen-bond acceptors (Lipinski definition) is 2. The first-order chi connectivity index (χ1) is 9.43. The molecule has 0 saturated heterocycles. The highest BCUT2D eigenvalue weighted by Gasteiger charge is 2.15. The van der Waals surface area contributed by atoms with Crippen LogP contribution in [-0.2, 0) is 0 Å². The lowest BCUT2D eigenvalue weighted by Crippen LogP contribution is -1.99. The average molecular weight is 307 g/mol. The highest BCUT2D eigenvalue weighted by Crippen LogP contribution is 2.31. The molecule has 0 aliphatic carbocycles. The smallest absolute Gasteiger partial charge is 0.252 e. The van der Waals surface area contributed by atoms with Crippen molar-refractivity contribution in [3.8, 4) is 11.1 Å². The quantitative estimate of drug-likeness (QED) is 0.768. The molecular weight excluding hydrogens is 295 g/mol. The van der Waals surface area contributed by atoms with Crippen LogP contribution >= 0.6 is 23.2 Å². The van der Waals surface area contributed by atoms with Gasteiger partial charge in [0, 0.05) is 11.1 Å². The highest BCUT2D eigenvalue weighted by molar-refractivity contribution is 6.68. The molecule has 0 spiro atoms. The van der Waals surface area contributed by atoms with E-state index >= 15 is 0 Å². The molecule has 20 heavy (non-hydrogen) atoms. The van der Waals surface area contributed by atoms with Crippen LogP contribution in [0.1, 0.15) is 31.8 Å². The Balaban J connectivity index is 2.70. The van der Waals surface area contributed by atoms with Crippen LogP contribution in [0.4, 0.5) is 0 Å². The number of carbonyl (C=O) groups is 2. The molecule has 0 N–H and O–H groups in total. The lowest BCUT2D eigenvalue weighted by molar-refractivity contribution is 0.107. The Morgan fingerprint density at radius 3 is 1.40 bits per heavy atom. The number of rotatable bonds is 3. The van der Waals surface area contributed by atoms with Gasteiger partial charge in [0.15, 0.2) is 0 Å². The Labute approximate surface area is 127 Å². The fraction of sp³-hybridized carbons (Fsp3) is 0.125. The van der Waals surface area contributed by atoms with Crippen LogP contribution in [0.25, 0.3) is 11.1 Å². The number of carbonyl (C=O) groups excluding carboxylic acids is 2. The summed E-state index contributed by atoms with van der Waals surface area (Å²) in [5, 5.41) is -0.988. The molecule has 0 unspecified atom stereocenters. The second kappa shape index (κ2) is 5.78. The molecule has 2 aromatic carbocycles. The van der Waals surface area contributed by atoms with Crippen molar-refractivity contribution in [2.45, 2.75) is 13.8 Å². The minimum Gasteiger partial charge on any atom is -0.276 e. The first kappa shape index (κ1) is 14.8. The Morgan fingerprint density at radius 1 is 0.750 bits per heavy atom. The molecule has 2 rings (SSSR count). The summed E-state index contributed by atoms with van der Waals surface area (Å²) < 4.78 is 0. The first-order valence-electron chi connectivity index (χ1n) is 6.02. The van der Waals surface area contributed by atoms with Gasteiger partial charge < -0.3 is 0 Å². The van der Waals surface area contributed by atoms with E-state index in [0.29, 0.717) is 11.1 Å². The van der Waals surface area contributed by atoms with Gasteiger partial charge in [-0.25, -0.2) is 0 Å². The van der Waals surface area contributed by atoms with E-state index in [9.17, 15) is 9.59 Å². The van der Waals surface area contributed by atoms with E-state index in [0.717, 1.165) is 22.3 Å². The Kier molecular flexibility index (Phi) is 4.26. The first-order valence-corrected chi connectivity index (χ1v) is 6.78. The minimum absolute atomic E-state index is 0.464. The van der Waals surface area contributed by atoms with Crippen LogP contribution in [0.2, 0.25) is 0 Å². The third-order valence-electron chi connectivity index (χ3n) is 3.38. The third-order valence-corrected chi connectivity index (χ3v) is 3.79. The summed E-state index contributed by atoms with van der Waals surface area (Å²) in [5.41, 5.74) is 4.24. The zero-order valence-electron chi connectivity index (χ0n) is 11.0. The van der Waals surface area contributed by atoms with Gasteiger partial charge in [-0.1, -0.05) is 24.3 Å². The number of benzene rings is 2. The summed E-state index contributed by atoms with van der Waals surface area (Å²) in [5.74, 6) is 0. The Hall–Kier alpha value is -1.64. The molecule has 2 aromatic rings. The molecule has 0 aliphatic heterocycles. The lowest BCUT2D eigenvalue weighted by atomic mass is 9.92. The van der Waals surface area contributed by atoms with Gasteiger partial charge in [0.25, 0.3) is 10.5 Å². The Bertz CT molecular complexity index is 644. The van der Waals surface area contributed by atoms with E-state index in [-0.39, 0.29) is 0 Å². The van der Waals surface area contributed by atoms with Crippen LogP contribution in [0.3, 0.4) is 0 Å². The van der Waals surface area contributed by atoms with Crippen LogP contribution < -0.4 is 0 Å². The lowest BCUT2D eigenvalue weighted by Gasteiger charge is -2.13. The van der Waals surface area contributed by atoms with Crippen molar-refractivity contribution >= 4 is 33.7 Å². The zero-order valence-corrected chi connectivity index (χ0v) is 12.5. The average Bonchev–Trinajstić information content (AvgIpc) is 2.39. The molecule has 0 aromatic heterocycles. The molecule has 0 aliphatic rings. The molecule has 0 radical (unpaired) electrons. The van der Waals surface area contributed by atoms with Crippen LogP contribution in [0.15, 0.2) is 36.4 Å². The summed E-state index contributed by atoms with van der Waals surface area (Å²) >= 11 is 11.2. The van der Waals surface area contributed by atoms with Gasteiger partial charge in [-0.2, -0.15) is 0 Å². The molecular formula is C16H12Cl2O2. The van der Waals surface area contributed by atoms with E-state index in [4.69, 9.17) is 23.2 Å². The fourth-order valence-electron chi connectivity index (χ4n) is 2.28. The third kappa shape index (κ3) is 2.62. The highest BCUT2D eigenvalue weighted by atomic mass is 35.5. The topological polar surface area (TPSA) is 34.1 Å². The minimum atomic E-state index is -0.494. The molecule has 0 saturated carbocycles. The van der Waals surface area contributed by atoms with Gasteiger partial charge in [-0.3, -0.25) is 9.59 Å². The van der Waals surface area contributed by atoms with E-state index in [1.807, 2.05) is 26.0 Å². The van der Waals surface area contributed by atoms with Crippen molar-refractivity contribution in [3.63, 3.8) is 0 Å². The van der Waals surface area contributed by atoms with E-state index in [1.54, 1.807) is 24.3 Å². The van der Waals surface area contributed by atoms with Gasteiger partial charge in [0.05, 0.1) is 0 Å². The van der Waals surface area contributed by atoms with Crippen molar-refractivity contribution in [2.24, 2.45) is 0 Å². The summed E-state index contributed by atoms with van der Waals surface area (Å²) in [4.78, 5) is 22.8. The van der Waals surface area contributed by atoms with Crippen molar-refractivity contribution in [3.05, 3.63) is 58.7 Å². The van der Waals surface area contributed by atoms with Gasteiger partial charge in [-0.05, 0) is 71.4 Å². The zero-order chi connectivity index (χ0) is 14.9. The molecule has 0 amide bonds. The van der Waals surface area contributed by atoms with E-state index in [1.165, 1.54) is 0 Å². The van der Waals surface area contributed by atoms with Gasteiger partial charge in [0.2, 0.25) is 0 Å². The second-order valence-electron chi connectivity index (χ2n) is 4.50. The SMILES string of the molecule is Cc1c(C(=O)Cl)cccc1-c1cccc(C(=O)Cl)c1C. The van der Waals surface area contributed by atoms with Crippen molar-refractivity contribution in [2.75, 3.05) is 0 Å².